The summed E-state index contributed by atoms with van der Waals surface area (Å²) in [7, 11) is 0. The van der Waals surface area contributed by atoms with Crippen molar-refractivity contribution in [3.05, 3.63) is 29.8 Å². The van der Waals surface area contributed by atoms with Gasteiger partial charge in [-0.15, -0.1) is 0 Å². The highest BCUT2D eigenvalue weighted by atomic mass is 16.5. The molecule has 0 aliphatic carbocycles. The molecule has 1 aromatic rings. The zero-order valence-electron chi connectivity index (χ0n) is 11.2. The van der Waals surface area contributed by atoms with Crippen LogP contribution in [0.5, 0.6) is 5.75 Å². The van der Waals surface area contributed by atoms with Gasteiger partial charge in [-0.2, -0.15) is 0 Å². The minimum atomic E-state index is 0.822. The van der Waals surface area contributed by atoms with Crippen molar-refractivity contribution in [3.63, 3.8) is 0 Å². The average Bonchev–Trinajstić information content (AvgIpc) is 2.36. The molecule has 0 bridgehead atoms. The smallest absolute Gasteiger partial charge is 0.123 e. The molecule has 1 rings (SSSR count). The highest BCUT2D eigenvalue weighted by Crippen LogP contribution is 2.18. The quantitative estimate of drug-likeness (QED) is 0.658. The van der Waals surface area contributed by atoms with Gasteiger partial charge in [0, 0.05) is 12.1 Å². The Hall–Kier alpha value is -1.02. The summed E-state index contributed by atoms with van der Waals surface area (Å²) in [5, 5.41) is 3.45. The maximum absolute atomic E-state index is 5.79. The normalized spacial score (nSPS) is 10.5. The maximum atomic E-state index is 5.79. The molecule has 0 saturated heterocycles. The molecule has 0 fully saturated rings. The van der Waals surface area contributed by atoms with Gasteiger partial charge in [-0.1, -0.05) is 44.9 Å². The first-order chi connectivity index (χ1) is 8.38. The van der Waals surface area contributed by atoms with Gasteiger partial charge in [-0.05, 0) is 25.5 Å². The molecule has 1 N–H and O–H groups in total. The summed E-state index contributed by atoms with van der Waals surface area (Å²) in [6.45, 7) is 7.20. The number of hydrogen-bond acceptors (Lipinski definition) is 2. The van der Waals surface area contributed by atoms with Crippen molar-refractivity contribution in [2.24, 2.45) is 0 Å². The molecule has 0 aromatic heterocycles. The van der Waals surface area contributed by atoms with Crippen LogP contribution in [0.25, 0.3) is 0 Å². The molecular formula is C15H25NO. The Morgan fingerprint density at radius 3 is 2.59 bits per heavy atom. The largest absolute Gasteiger partial charge is 0.493 e. The monoisotopic (exact) mass is 235 g/mol. The van der Waals surface area contributed by atoms with E-state index < -0.39 is 0 Å². The molecule has 0 saturated carbocycles. The Labute approximate surface area is 105 Å². The number of rotatable bonds is 9. The lowest BCUT2D eigenvalue weighted by molar-refractivity contribution is 0.305. The van der Waals surface area contributed by atoms with Gasteiger partial charge in [0.15, 0.2) is 0 Å². The van der Waals surface area contributed by atoms with Gasteiger partial charge in [0.25, 0.3) is 0 Å². The maximum Gasteiger partial charge on any atom is 0.123 e. The van der Waals surface area contributed by atoms with Gasteiger partial charge in [-0.25, -0.2) is 0 Å². The van der Waals surface area contributed by atoms with Crippen LogP contribution in [0.1, 0.15) is 45.1 Å². The molecule has 96 valence electrons. The van der Waals surface area contributed by atoms with Crippen LogP contribution in [0.4, 0.5) is 0 Å². The molecule has 0 amide bonds. The Balaban J connectivity index is 2.40. The zero-order chi connectivity index (χ0) is 12.3. The van der Waals surface area contributed by atoms with Crippen molar-refractivity contribution in [3.8, 4) is 5.75 Å². The highest BCUT2D eigenvalue weighted by molar-refractivity contribution is 5.33. The standard InChI is InChI=1S/C15H25NO/c1-3-5-11-16-13-14-9-7-8-10-15(14)17-12-6-4-2/h7-10,16H,3-6,11-13H2,1-2H3. The molecule has 0 atom stereocenters. The number of hydrogen-bond donors (Lipinski definition) is 1. The molecule has 0 unspecified atom stereocenters. The van der Waals surface area contributed by atoms with E-state index in [4.69, 9.17) is 4.74 Å². The van der Waals surface area contributed by atoms with Crippen molar-refractivity contribution in [1.82, 2.24) is 5.32 Å². The van der Waals surface area contributed by atoms with Crippen LogP contribution in [0.3, 0.4) is 0 Å². The second-order valence-electron chi connectivity index (χ2n) is 4.34. The third-order valence-electron chi connectivity index (χ3n) is 2.75. The summed E-state index contributed by atoms with van der Waals surface area (Å²) >= 11 is 0. The predicted octanol–water partition coefficient (Wildman–Crippen LogP) is 3.76. The second-order valence-corrected chi connectivity index (χ2v) is 4.34. The minimum absolute atomic E-state index is 0.822. The first-order valence-electron chi connectivity index (χ1n) is 6.80. The predicted molar refractivity (Wildman–Crippen MR) is 73.5 cm³/mol. The number of ether oxygens (including phenoxy) is 1. The molecule has 0 heterocycles. The minimum Gasteiger partial charge on any atom is -0.493 e. The van der Waals surface area contributed by atoms with Crippen LogP contribution in [-0.4, -0.2) is 13.2 Å². The summed E-state index contributed by atoms with van der Waals surface area (Å²) in [6.07, 6.45) is 4.77. The molecule has 1 aromatic carbocycles. The van der Waals surface area contributed by atoms with E-state index in [1.54, 1.807) is 0 Å². The Kier molecular flexibility index (Phi) is 7.48. The molecule has 0 aliphatic rings. The fourth-order valence-corrected chi connectivity index (χ4v) is 1.64. The fourth-order valence-electron chi connectivity index (χ4n) is 1.64. The molecule has 2 nitrogen and oxygen atoms in total. The molecule has 0 radical (unpaired) electrons. The SMILES string of the molecule is CCCCNCc1ccccc1OCCCC. The van der Waals surface area contributed by atoms with E-state index in [2.05, 4.69) is 37.4 Å². The number of benzene rings is 1. The first-order valence-corrected chi connectivity index (χ1v) is 6.80. The number of nitrogens with one attached hydrogen (secondary N) is 1. The van der Waals surface area contributed by atoms with Gasteiger partial charge in [0.1, 0.15) is 5.75 Å². The molecule has 0 spiro atoms. The van der Waals surface area contributed by atoms with Crippen LogP contribution >= 0.6 is 0 Å². The van der Waals surface area contributed by atoms with E-state index in [9.17, 15) is 0 Å². The lowest BCUT2D eigenvalue weighted by Crippen LogP contribution is -2.15. The van der Waals surface area contributed by atoms with E-state index in [-0.39, 0.29) is 0 Å². The topological polar surface area (TPSA) is 21.3 Å². The molecule has 2 heteroatoms. The molecule has 0 aliphatic heterocycles. The summed E-state index contributed by atoms with van der Waals surface area (Å²) in [5.41, 5.74) is 1.26. The molecular weight excluding hydrogens is 210 g/mol. The Morgan fingerprint density at radius 1 is 1.06 bits per heavy atom. The second kappa shape index (κ2) is 9.06. The van der Waals surface area contributed by atoms with Crippen LogP contribution in [0, 0.1) is 0 Å². The van der Waals surface area contributed by atoms with Crippen LogP contribution in [0.2, 0.25) is 0 Å². The van der Waals surface area contributed by atoms with Gasteiger partial charge >= 0.3 is 0 Å². The van der Waals surface area contributed by atoms with E-state index in [1.165, 1.54) is 24.8 Å². The third kappa shape index (κ3) is 5.73. The third-order valence-corrected chi connectivity index (χ3v) is 2.75. The average molecular weight is 235 g/mol. The van der Waals surface area contributed by atoms with E-state index >= 15 is 0 Å². The van der Waals surface area contributed by atoms with Crippen molar-refractivity contribution in [2.45, 2.75) is 46.1 Å². The zero-order valence-corrected chi connectivity index (χ0v) is 11.2. The Bertz CT molecular complexity index is 299. The molecule has 17 heavy (non-hydrogen) atoms. The fraction of sp³-hybridized carbons (Fsp3) is 0.600. The summed E-state index contributed by atoms with van der Waals surface area (Å²) in [5.74, 6) is 1.03. The highest BCUT2D eigenvalue weighted by Gasteiger charge is 2.01. The van der Waals surface area contributed by atoms with Crippen molar-refractivity contribution in [1.29, 1.82) is 0 Å². The van der Waals surface area contributed by atoms with Crippen LogP contribution < -0.4 is 10.1 Å². The van der Waals surface area contributed by atoms with E-state index in [0.29, 0.717) is 0 Å². The summed E-state index contributed by atoms with van der Waals surface area (Å²) in [4.78, 5) is 0. The summed E-state index contributed by atoms with van der Waals surface area (Å²) < 4.78 is 5.79. The van der Waals surface area contributed by atoms with Crippen molar-refractivity contribution >= 4 is 0 Å². The van der Waals surface area contributed by atoms with Crippen molar-refractivity contribution in [2.75, 3.05) is 13.2 Å². The van der Waals surface area contributed by atoms with Crippen LogP contribution in [0.15, 0.2) is 24.3 Å². The number of unbranched alkanes of at least 4 members (excludes halogenated alkanes) is 2. The first kappa shape index (κ1) is 14.0. The number of para-hydroxylation sites is 1. The lowest BCUT2D eigenvalue weighted by Gasteiger charge is -2.11. The van der Waals surface area contributed by atoms with Crippen LogP contribution in [-0.2, 0) is 6.54 Å². The van der Waals surface area contributed by atoms with Gasteiger partial charge < -0.3 is 10.1 Å². The van der Waals surface area contributed by atoms with Gasteiger partial charge in [0.05, 0.1) is 6.61 Å². The van der Waals surface area contributed by atoms with E-state index in [0.717, 1.165) is 31.9 Å². The van der Waals surface area contributed by atoms with E-state index in [1.807, 2.05) is 6.07 Å². The van der Waals surface area contributed by atoms with Gasteiger partial charge in [-0.3, -0.25) is 0 Å². The van der Waals surface area contributed by atoms with Crippen molar-refractivity contribution < 1.29 is 4.74 Å². The summed E-state index contributed by atoms with van der Waals surface area (Å²) in [6, 6.07) is 8.31. The lowest BCUT2D eigenvalue weighted by atomic mass is 10.2. The van der Waals surface area contributed by atoms with Gasteiger partial charge in [0.2, 0.25) is 0 Å². The Morgan fingerprint density at radius 2 is 1.82 bits per heavy atom.